The second-order valence-electron chi connectivity index (χ2n) is 4.75. The van der Waals surface area contributed by atoms with Crippen LogP contribution in [0.5, 0.6) is 0 Å². The first-order chi connectivity index (χ1) is 9.45. The molecular formula is C14H12BrIN4. The van der Waals surface area contributed by atoms with Crippen molar-refractivity contribution in [2.75, 3.05) is 5.73 Å². The number of nitrogen functional groups attached to an aromatic ring is 1. The van der Waals surface area contributed by atoms with E-state index >= 15 is 0 Å². The van der Waals surface area contributed by atoms with Crippen LogP contribution in [-0.4, -0.2) is 15.0 Å². The molecule has 0 amide bonds. The Hall–Kier alpha value is -1.15. The number of hydrogen-bond donors (Lipinski definition) is 1. The van der Waals surface area contributed by atoms with Crippen LogP contribution >= 0.6 is 38.5 Å². The quantitative estimate of drug-likeness (QED) is 0.458. The first kappa shape index (κ1) is 13.8. The molecule has 0 saturated carbocycles. The first-order valence-electron chi connectivity index (χ1n) is 6.05. The Labute approximate surface area is 138 Å². The van der Waals surface area contributed by atoms with Gasteiger partial charge in [-0.1, -0.05) is 0 Å². The summed E-state index contributed by atoms with van der Waals surface area (Å²) in [6.45, 7) is 4.19. The molecule has 0 atom stereocenters. The molecule has 0 aliphatic rings. The van der Waals surface area contributed by atoms with Gasteiger partial charge in [0.15, 0.2) is 0 Å². The van der Waals surface area contributed by atoms with E-state index in [1.165, 1.54) is 14.7 Å². The lowest BCUT2D eigenvalue weighted by atomic mass is 10.1. The molecule has 0 bridgehead atoms. The third-order valence-corrected chi connectivity index (χ3v) is 5.54. The van der Waals surface area contributed by atoms with Gasteiger partial charge in [0.2, 0.25) is 0 Å². The summed E-state index contributed by atoms with van der Waals surface area (Å²) < 4.78 is 2.11. The maximum atomic E-state index is 5.88. The molecule has 2 aromatic carbocycles. The van der Waals surface area contributed by atoms with Crippen LogP contribution in [0.3, 0.4) is 0 Å². The van der Waals surface area contributed by atoms with Crippen LogP contribution in [0.1, 0.15) is 11.1 Å². The monoisotopic (exact) mass is 442 g/mol. The van der Waals surface area contributed by atoms with Crippen molar-refractivity contribution in [3.05, 3.63) is 43.4 Å². The summed E-state index contributed by atoms with van der Waals surface area (Å²) in [6, 6.07) is 7.90. The van der Waals surface area contributed by atoms with Gasteiger partial charge in [-0.05, 0) is 87.8 Å². The third-order valence-electron chi connectivity index (χ3n) is 3.15. The van der Waals surface area contributed by atoms with Crippen molar-refractivity contribution in [2.24, 2.45) is 0 Å². The molecule has 6 heteroatoms. The molecule has 0 unspecified atom stereocenters. The minimum Gasteiger partial charge on any atom is -0.398 e. The number of fused-ring (bicyclic) bond motifs is 1. The molecule has 0 aliphatic carbocycles. The van der Waals surface area contributed by atoms with E-state index in [1.807, 2.05) is 12.1 Å². The number of nitrogens with zero attached hydrogens (tertiary/aromatic N) is 3. The summed E-state index contributed by atoms with van der Waals surface area (Å²) in [5, 5.41) is 9.01. The highest BCUT2D eigenvalue weighted by molar-refractivity contribution is 14.1. The summed E-state index contributed by atoms with van der Waals surface area (Å²) in [5.74, 6) is 0. The Morgan fingerprint density at radius 3 is 2.20 bits per heavy atom. The van der Waals surface area contributed by atoms with Crippen LogP contribution in [0.4, 0.5) is 5.69 Å². The second-order valence-corrected chi connectivity index (χ2v) is 6.68. The molecule has 1 aromatic heterocycles. The van der Waals surface area contributed by atoms with E-state index in [-0.39, 0.29) is 0 Å². The van der Waals surface area contributed by atoms with Gasteiger partial charge in [-0.15, -0.1) is 10.2 Å². The van der Waals surface area contributed by atoms with E-state index < -0.39 is 0 Å². The van der Waals surface area contributed by atoms with Crippen molar-refractivity contribution in [3.63, 3.8) is 0 Å². The third kappa shape index (κ3) is 2.31. The molecule has 2 N–H and O–H groups in total. The normalized spacial score (nSPS) is 11.2. The van der Waals surface area contributed by atoms with Crippen molar-refractivity contribution < 1.29 is 0 Å². The number of aromatic nitrogens is 3. The number of halogens is 2. The Bertz CT molecular complexity index is 763. The van der Waals surface area contributed by atoms with E-state index in [2.05, 4.69) is 74.7 Å². The number of aryl methyl sites for hydroxylation is 2. The van der Waals surface area contributed by atoms with E-state index in [0.29, 0.717) is 5.69 Å². The zero-order valence-electron chi connectivity index (χ0n) is 11.0. The number of anilines is 1. The average Bonchev–Trinajstić information content (AvgIpc) is 2.79. The largest absolute Gasteiger partial charge is 0.398 e. The highest BCUT2D eigenvalue weighted by Crippen LogP contribution is 2.25. The van der Waals surface area contributed by atoms with Crippen LogP contribution in [0.15, 0.2) is 28.7 Å². The number of nitrogens with two attached hydrogens (primary N) is 1. The van der Waals surface area contributed by atoms with Gasteiger partial charge in [0.25, 0.3) is 0 Å². The Balaban J connectivity index is 2.20. The van der Waals surface area contributed by atoms with Gasteiger partial charge in [-0.3, -0.25) is 0 Å². The fourth-order valence-corrected chi connectivity index (χ4v) is 2.75. The summed E-state index contributed by atoms with van der Waals surface area (Å²) in [6.07, 6.45) is 0. The Kier molecular flexibility index (Phi) is 3.45. The maximum absolute atomic E-state index is 5.88. The van der Waals surface area contributed by atoms with Gasteiger partial charge in [-0.25, -0.2) is 0 Å². The average molecular weight is 443 g/mol. The zero-order chi connectivity index (χ0) is 14.4. The number of benzene rings is 2. The number of rotatable bonds is 1. The minimum absolute atomic E-state index is 0.666. The van der Waals surface area contributed by atoms with E-state index in [1.54, 1.807) is 4.80 Å². The number of hydrogen-bond acceptors (Lipinski definition) is 3. The highest BCUT2D eigenvalue weighted by Gasteiger charge is 2.09. The van der Waals surface area contributed by atoms with Crippen LogP contribution in [0.25, 0.3) is 16.7 Å². The Morgan fingerprint density at radius 1 is 1.05 bits per heavy atom. The minimum atomic E-state index is 0.666. The van der Waals surface area contributed by atoms with Crippen molar-refractivity contribution >= 4 is 55.2 Å². The van der Waals surface area contributed by atoms with Crippen LogP contribution in [0, 0.1) is 17.4 Å². The van der Waals surface area contributed by atoms with Crippen LogP contribution < -0.4 is 5.73 Å². The molecule has 0 saturated heterocycles. The summed E-state index contributed by atoms with van der Waals surface area (Å²) in [7, 11) is 0. The van der Waals surface area contributed by atoms with Crippen LogP contribution in [0.2, 0.25) is 0 Å². The van der Waals surface area contributed by atoms with E-state index in [0.717, 1.165) is 21.2 Å². The first-order valence-corrected chi connectivity index (χ1v) is 7.92. The van der Waals surface area contributed by atoms with Gasteiger partial charge < -0.3 is 5.73 Å². The lowest BCUT2D eigenvalue weighted by molar-refractivity contribution is 0.763. The van der Waals surface area contributed by atoms with Crippen molar-refractivity contribution in [3.8, 4) is 5.69 Å². The molecule has 0 aliphatic heterocycles. The van der Waals surface area contributed by atoms with E-state index in [9.17, 15) is 0 Å². The van der Waals surface area contributed by atoms with Gasteiger partial charge >= 0.3 is 0 Å². The molecule has 4 nitrogen and oxygen atoms in total. The maximum Gasteiger partial charge on any atom is 0.115 e. The molecule has 20 heavy (non-hydrogen) atoms. The summed E-state index contributed by atoms with van der Waals surface area (Å²) in [5.41, 5.74) is 11.6. The summed E-state index contributed by atoms with van der Waals surface area (Å²) in [4.78, 5) is 1.66. The molecule has 1 heterocycles. The smallest absolute Gasteiger partial charge is 0.115 e. The van der Waals surface area contributed by atoms with Gasteiger partial charge in [-0.2, -0.15) is 4.80 Å². The molecule has 0 spiro atoms. The predicted octanol–water partition coefficient (Wildman–Crippen LogP) is 3.99. The molecule has 3 rings (SSSR count). The van der Waals surface area contributed by atoms with Gasteiger partial charge in [0.1, 0.15) is 11.0 Å². The second kappa shape index (κ2) is 5.00. The Morgan fingerprint density at radius 2 is 1.60 bits per heavy atom. The molecular weight excluding hydrogens is 431 g/mol. The highest BCUT2D eigenvalue weighted by atomic mass is 127. The molecule has 102 valence electrons. The SMILES string of the molecule is Cc1cc(-n2nc3cc(N)c(Br)cc3n2)cc(C)c1I. The van der Waals surface area contributed by atoms with E-state index in [4.69, 9.17) is 5.73 Å². The molecule has 0 radical (unpaired) electrons. The topological polar surface area (TPSA) is 56.7 Å². The lowest BCUT2D eigenvalue weighted by Crippen LogP contribution is -2.01. The molecule has 0 fully saturated rings. The predicted molar refractivity (Wildman–Crippen MR) is 93.2 cm³/mol. The van der Waals surface area contributed by atoms with Crippen LogP contribution in [-0.2, 0) is 0 Å². The summed E-state index contributed by atoms with van der Waals surface area (Å²) >= 11 is 5.77. The lowest BCUT2D eigenvalue weighted by Gasteiger charge is -2.06. The fraction of sp³-hybridized carbons (Fsp3) is 0.143. The van der Waals surface area contributed by atoms with Crippen molar-refractivity contribution in [1.82, 2.24) is 15.0 Å². The van der Waals surface area contributed by atoms with Crippen molar-refractivity contribution in [1.29, 1.82) is 0 Å². The standard InChI is InChI=1S/C14H12BrIN4/c1-7-3-9(4-8(2)14(7)16)20-18-12-5-10(15)11(17)6-13(12)19-20/h3-6H,17H2,1-2H3. The van der Waals surface area contributed by atoms with Crippen molar-refractivity contribution in [2.45, 2.75) is 13.8 Å². The fourth-order valence-electron chi connectivity index (χ4n) is 2.11. The van der Waals surface area contributed by atoms with Gasteiger partial charge in [0.05, 0.1) is 5.69 Å². The molecule has 3 aromatic rings. The zero-order valence-corrected chi connectivity index (χ0v) is 14.7. The van der Waals surface area contributed by atoms with Gasteiger partial charge in [0, 0.05) is 13.7 Å².